The predicted molar refractivity (Wildman–Crippen MR) is 129 cm³/mol. The van der Waals surface area contributed by atoms with Crippen LogP contribution in [0.2, 0.25) is 0 Å². The molecule has 33 heavy (non-hydrogen) atoms. The Morgan fingerprint density at radius 3 is 2.36 bits per heavy atom. The molecule has 0 aliphatic rings. The minimum absolute atomic E-state index is 0.300. The molecule has 166 valence electrons. The summed E-state index contributed by atoms with van der Waals surface area (Å²) in [6.07, 6.45) is 4.41. The number of carbonyl (C=O) groups is 1. The zero-order chi connectivity index (χ0) is 22.9. The van der Waals surface area contributed by atoms with Gasteiger partial charge in [-0.15, -0.1) is 0 Å². The summed E-state index contributed by atoms with van der Waals surface area (Å²) in [4.78, 5) is 26.7. The van der Waals surface area contributed by atoms with E-state index in [-0.39, 0.29) is 5.97 Å². The lowest BCUT2D eigenvalue weighted by molar-refractivity contribution is -0.144. The molecule has 0 bridgehead atoms. The number of ether oxygens (including phenoxy) is 1. The number of aromatic nitrogens is 3. The highest BCUT2D eigenvalue weighted by Gasteiger charge is 2.23. The van der Waals surface area contributed by atoms with Crippen LogP contribution in [-0.2, 0) is 22.4 Å². The topological polar surface area (TPSA) is 77.0 Å². The molecule has 1 N–H and O–H groups in total. The molecule has 6 heteroatoms. The van der Waals surface area contributed by atoms with Crippen molar-refractivity contribution in [2.75, 3.05) is 11.9 Å². The fraction of sp³-hybridized carbons (Fsp3) is 0.185. The van der Waals surface area contributed by atoms with Crippen LogP contribution in [0.1, 0.15) is 23.9 Å². The van der Waals surface area contributed by atoms with Gasteiger partial charge in [0.1, 0.15) is 11.9 Å². The Hall–Kier alpha value is -4.06. The number of hydrogen-bond acceptors (Lipinski definition) is 6. The van der Waals surface area contributed by atoms with Gasteiger partial charge in [0.05, 0.1) is 24.2 Å². The maximum atomic E-state index is 12.7. The van der Waals surface area contributed by atoms with Gasteiger partial charge in [-0.2, -0.15) is 0 Å². The number of carbonyl (C=O) groups excluding carboxylic acids is 1. The van der Waals surface area contributed by atoms with Gasteiger partial charge >= 0.3 is 5.97 Å². The maximum Gasteiger partial charge on any atom is 0.328 e. The second kappa shape index (κ2) is 11.0. The number of hydrogen-bond donors (Lipinski definition) is 1. The van der Waals surface area contributed by atoms with Gasteiger partial charge in [0.25, 0.3) is 0 Å². The summed E-state index contributed by atoms with van der Waals surface area (Å²) in [5.74, 6) is 0.218. The zero-order valence-corrected chi connectivity index (χ0v) is 18.5. The fourth-order valence-corrected chi connectivity index (χ4v) is 3.54. The number of anilines is 1. The van der Waals surface area contributed by atoms with Crippen LogP contribution in [0.3, 0.4) is 0 Å². The smallest absolute Gasteiger partial charge is 0.328 e. The molecule has 2 heterocycles. The number of pyridine rings is 1. The molecule has 0 fully saturated rings. The molecular weight excluding hydrogens is 412 g/mol. The van der Waals surface area contributed by atoms with Crippen LogP contribution in [0.4, 0.5) is 5.82 Å². The van der Waals surface area contributed by atoms with Crippen LogP contribution < -0.4 is 5.32 Å². The van der Waals surface area contributed by atoms with E-state index in [0.717, 1.165) is 28.2 Å². The van der Waals surface area contributed by atoms with Gasteiger partial charge in [-0.3, -0.25) is 4.98 Å². The van der Waals surface area contributed by atoms with Gasteiger partial charge in [-0.05, 0) is 24.6 Å². The summed E-state index contributed by atoms with van der Waals surface area (Å²) in [6.45, 7) is 2.10. The number of rotatable bonds is 9. The number of nitrogens with one attached hydrogen (secondary N) is 1. The molecule has 0 amide bonds. The summed E-state index contributed by atoms with van der Waals surface area (Å²) in [5, 5.41) is 3.29. The Balaban J connectivity index is 1.68. The first kappa shape index (κ1) is 22.1. The number of esters is 1. The van der Waals surface area contributed by atoms with Crippen molar-refractivity contribution in [1.29, 1.82) is 0 Å². The van der Waals surface area contributed by atoms with Crippen molar-refractivity contribution in [2.24, 2.45) is 0 Å². The Kier molecular flexibility index (Phi) is 7.38. The van der Waals surface area contributed by atoms with Crippen molar-refractivity contribution in [2.45, 2.75) is 25.8 Å². The SMILES string of the molecule is CCOC(=O)C(Cc1ccccn1)Nc1ncc(-c2ccccc2)nc1Cc1ccccc1. The van der Waals surface area contributed by atoms with Gasteiger partial charge in [-0.25, -0.2) is 14.8 Å². The first-order valence-corrected chi connectivity index (χ1v) is 11.0. The summed E-state index contributed by atoms with van der Waals surface area (Å²) in [5.41, 5.74) is 4.43. The number of nitrogens with zero attached hydrogens (tertiary/aromatic N) is 3. The van der Waals surface area contributed by atoms with E-state index in [4.69, 9.17) is 9.72 Å². The highest BCUT2D eigenvalue weighted by molar-refractivity contribution is 5.79. The first-order chi connectivity index (χ1) is 16.2. The van der Waals surface area contributed by atoms with Crippen molar-refractivity contribution >= 4 is 11.8 Å². The van der Waals surface area contributed by atoms with Crippen LogP contribution >= 0.6 is 0 Å². The van der Waals surface area contributed by atoms with Crippen molar-refractivity contribution in [3.05, 3.63) is 108 Å². The van der Waals surface area contributed by atoms with E-state index in [1.807, 2.05) is 66.7 Å². The molecule has 0 spiro atoms. The monoisotopic (exact) mass is 438 g/mol. The Morgan fingerprint density at radius 1 is 0.939 bits per heavy atom. The average molecular weight is 439 g/mol. The largest absolute Gasteiger partial charge is 0.464 e. The maximum absolute atomic E-state index is 12.7. The Morgan fingerprint density at radius 2 is 1.67 bits per heavy atom. The summed E-state index contributed by atoms with van der Waals surface area (Å²) in [7, 11) is 0. The van der Waals surface area contributed by atoms with Gasteiger partial charge < -0.3 is 10.1 Å². The third-order valence-electron chi connectivity index (χ3n) is 5.15. The van der Waals surface area contributed by atoms with E-state index in [9.17, 15) is 4.79 Å². The van der Waals surface area contributed by atoms with Crippen LogP contribution in [0.15, 0.2) is 91.3 Å². The summed E-state index contributed by atoms with van der Waals surface area (Å²) in [6, 6.07) is 25.0. The molecular formula is C27H26N4O2. The highest BCUT2D eigenvalue weighted by atomic mass is 16.5. The average Bonchev–Trinajstić information content (AvgIpc) is 2.86. The molecule has 0 saturated heterocycles. The van der Waals surface area contributed by atoms with E-state index in [1.165, 1.54) is 0 Å². The van der Waals surface area contributed by atoms with Crippen molar-refractivity contribution in [1.82, 2.24) is 15.0 Å². The highest BCUT2D eigenvalue weighted by Crippen LogP contribution is 2.23. The van der Waals surface area contributed by atoms with E-state index in [2.05, 4.69) is 27.4 Å². The molecule has 4 rings (SSSR count). The molecule has 0 aliphatic carbocycles. The molecule has 1 unspecified atom stereocenters. The van der Waals surface area contributed by atoms with Gasteiger partial charge in [0.15, 0.2) is 0 Å². The molecule has 2 aromatic carbocycles. The van der Waals surface area contributed by atoms with Crippen molar-refractivity contribution < 1.29 is 9.53 Å². The zero-order valence-electron chi connectivity index (χ0n) is 18.5. The van der Waals surface area contributed by atoms with Crippen LogP contribution in [0.5, 0.6) is 0 Å². The molecule has 6 nitrogen and oxygen atoms in total. The summed E-state index contributed by atoms with van der Waals surface area (Å²) < 4.78 is 5.32. The van der Waals surface area contributed by atoms with Gasteiger partial charge in [0, 0.05) is 30.3 Å². The Bertz CT molecular complexity index is 1170. The third kappa shape index (κ3) is 6.01. The van der Waals surface area contributed by atoms with Crippen LogP contribution in [0.25, 0.3) is 11.3 Å². The molecule has 2 aromatic heterocycles. The normalized spacial score (nSPS) is 11.5. The third-order valence-corrected chi connectivity index (χ3v) is 5.15. The lowest BCUT2D eigenvalue weighted by Gasteiger charge is -2.19. The second-order valence-electron chi connectivity index (χ2n) is 7.55. The Labute approximate surface area is 193 Å². The lowest BCUT2D eigenvalue weighted by atomic mass is 10.1. The first-order valence-electron chi connectivity index (χ1n) is 11.0. The quantitative estimate of drug-likeness (QED) is 0.381. The molecule has 0 radical (unpaired) electrons. The van der Waals surface area contributed by atoms with E-state index < -0.39 is 6.04 Å². The molecule has 0 saturated carbocycles. The van der Waals surface area contributed by atoms with E-state index in [1.54, 1.807) is 19.3 Å². The standard InChI is InChI=1S/C27H26N4O2/c1-2-33-27(32)24(18-22-15-9-10-16-28-22)31-26-23(17-20-11-5-3-6-12-20)30-25(19-29-26)21-13-7-4-8-14-21/h3-16,19,24H,2,17-18H2,1H3,(H,29,31). The van der Waals surface area contributed by atoms with Crippen molar-refractivity contribution in [3.8, 4) is 11.3 Å². The molecule has 1 atom stereocenters. The summed E-state index contributed by atoms with van der Waals surface area (Å²) >= 11 is 0. The molecule has 0 aliphatic heterocycles. The predicted octanol–water partition coefficient (Wildman–Crippen LogP) is 4.72. The second-order valence-corrected chi connectivity index (χ2v) is 7.55. The fourth-order valence-electron chi connectivity index (χ4n) is 3.54. The van der Waals surface area contributed by atoms with Crippen LogP contribution in [-0.4, -0.2) is 33.6 Å². The number of benzene rings is 2. The van der Waals surface area contributed by atoms with Crippen LogP contribution in [0, 0.1) is 0 Å². The van der Waals surface area contributed by atoms with Gasteiger partial charge in [0.2, 0.25) is 0 Å². The minimum atomic E-state index is -0.633. The van der Waals surface area contributed by atoms with Crippen molar-refractivity contribution in [3.63, 3.8) is 0 Å². The lowest BCUT2D eigenvalue weighted by Crippen LogP contribution is -2.34. The minimum Gasteiger partial charge on any atom is -0.464 e. The molecule has 4 aromatic rings. The van der Waals surface area contributed by atoms with Gasteiger partial charge in [-0.1, -0.05) is 66.7 Å². The van der Waals surface area contributed by atoms with E-state index >= 15 is 0 Å². The van der Waals surface area contributed by atoms with E-state index in [0.29, 0.717) is 25.3 Å².